The van der Waals surface area contributed by atoms with Gasteiger partial charge in [0, 0.05) is 0 Å². The fourth-order valence-corrected chi connectivity index (χ4v) is 1.37. The van der Waals surface area contributed by atoms with E-state index in [2.05, 4.69) is 5.32 Å². The van der Waals surface area contributed by atoms with Crippen LogP contribution in [0.3, 0.4) is 0 Å². The molecular weight excluding hydrogens is 158 g/mol. The zero-order valence-corrected chi connectivity index (χ0v) is 7.42. The molecule has 1 aliphatic heterocycles. The average Bonchev–Trinajstić information content (AvgIpc) is 2.02. The second-order valence-electron chi connectivity index (χ2n) is 3.43. The molecule has 1 heterocycles. The third-order valence-electron chi connectivity index (χ3n) is 2.00. The molecule has 0 aromatic carbocycles. The first kappa shape index (κ1) is 8.99. The molecule has 1 fully saturated rings. The van der Waals surface area contributed by atoms with Crippen molar-refractivity contribution < 1.29 is 9.59 Å². The molecule has 1 atom stereocenters. The Morgan fingerprint density at radius 2 is 2.00 bits per heavy atom. The molecule has 68 valence electrons. The van der Waals surface area contributed by atoms with E-state index in [9.17, 15) is 9.59 Å². The first-order valence-electron chi connectivity index (χ1n) is 3.77. The van der Waals surface area contributed by atoms with Crippen LogP contribution in [-0.2, 0) is 4.79 Å². The molecule has 5 nitrogen and oxygen atoms in total. The van der Waals surface area contributed by atoms with E-state index in [1.165, 1.54) is 4.90 Å². The van der Waals surface area contributed by atoms with E-state index in [1.807, 2.05) is 0 Å². The minimum absolute atomic E-state index is 0.301. The monoisotopic (exact) mass is 171 g/mol. The van der Waals surface area contributed by atoms with Crippen LogP contribution in [0, 0.1) is 0 Å². The number of urea groups is 1. The third-order valence-corrected chi connectivity index (χ3v) is 2.00. The van der Waals surface area contributed by atoms with E-state index >= 15 is 0 Å². The van der Waals surface area contributed by atoms with Crippen molar-refractivity contribution in [2.24, 2.45) is 5.73 Å². The van der Waals surface area contributed by atoms with Crippen molar-refractivity contribution >= 4 is 11.9 Å². The summed E-state index contributed by atoms with van der Waals surface area (Å²) < 4.78 is 0. The summed E-state index contributed by atoms with van der Waals surface area (Å²) in [5, 5.41) is 2.21. The lowest BCUT2D eigenvalue weighted by atomic mass is 10.0. The number of carbonyl (C=O) groups is 2. The maximum atomic E-state index is 11.2. The zero-order chi connectivity index (χ0) is 9.52. The molecule has 0 bridgehead atoms. The average molecular weight is 171 g/mol. The zero-order valence-electron chi connectivity index (χ0n) is 7.42. The van der Waals surface area contributed by atoms with E-state index < -0.39 is 17.7 Å². The molecule has 1 unspecified atom stereocenters. The highest BCUT2D eigenvalue weighted by Gasteiger charge is 2.46. The predicted molar refractivity (Wildman–Crippen MR) is 43.1 cm³/mol. The minimum atomic E-state index is -0.828. The Bertz CT molecular complexity index is 235. The van der Waals surface area contributed by atoms with Gasteiger partial charge in [-0.15, -0.1) is 0 Å². The predicted octanol–water partition coefficient (Wildman–Crippen LogP) is -0.378. The van der Waals surface area contributed by atoms with Gasteiger partial charge in [0.25, 0.3) is 5.91 Å². The van der Waals surface area contributed by atoms with E-state index in [0.717, 1.165) is 0 Å². The number of nitrogens with one attached hydrogen (secondary N) is 1. The summed E-state index contributed by atoms with van der Waals surface area (Å²) in [5.41, 5.74) is 4.71. The van der Waals surface area contributed by atoms with Crippen molar-refractivity contribution in [2.75, 3.05) is 0 Å². The van der Waals surface area contributed by atoms with Crippen LogP contribution in [0.5, 0.6) is 0 Å². The van der Waals surface area contributed by atoms with Gasteiger partial charge in [-0.1, -0.05) is 0 Å². The molecule has 3 N–H and O–H groups in total. The molecule has 1 rings (SSSR count). The van der Waals surface area contributed by atoms with Crippen molar-refractivity contribution in [3.8, 4) is 0 Å². The van der Waals surface area contributed by atoms with Gasteiger partial charge < -0.3 is 5.73 Å². The molecule has 5 heteroatoms. The second-order valence-corrected chi connectivity index (χ2v) is 3.43. The number of amides is 3. The smallest absolute Gasteiger partial charge is 0.311 e. The quantitative estimate of drug-likeness (QED) is 0.528. The molecule has 1 aliphatic rings. The van der Waals surface area contributed by atoms with Gasteiger partial charge >= 0.3 is 6.03 Å². The van der Waals surface area contributed by atoms with Crippen LogP contribution in [0.25, 0.3) is 0 Å². The Balaban J connectivity index is 2.99. The van der Waals surface area contributed by atoms with Gasteiger partial charge in [-0.05, 0) is 20.8 Å². The summed E-state index contributed by atoms with van der Waals surface area (Å²) in [6, 6.07) is -0.417. The fraction of sp³-hybridized carbons (Fsp3) is 0.714. The Labute approximate surface area is 70.9 Å². The van der Waals surface area contributed by atoms with Gasteiger partial charge in [-0.3, -0.25) is 15.0 Å². The van der Waals surface area contributed by atoms with Gasteiger partial charge in [-0.2, -0.15) is 0 Å². The summed E-state index contributed by atoms with van der Waals surface area (Å²) in [6.45, 7) is 4.99. The van der Waals surface area contributed by atoms with Crippen LogP contribution in [0.1, 0.15) is 20.8 Å². The maximum absolute atomic E-state index is 11.2. The lowest BCUT2D eigenvalue weighted by Crippen LogP contribution is -2.52. The molecule has 12 heavy (non-hydrogen) atoms. The topological polar surface area (TPSA) is 75.4 Å². The molecule has 0 aromatic rings. The van der Waals surface area contributed by atoms with Crippen molar-refractivity contribution in [3.05, 3.63) is 0 Å². The molecule has 3 amide bonds. The Morgan fingerprint density at radius 3 is 2.17 bits per heavy atom. The van der Waals surface area contributed by atoms with Crippen molar-refractivity contribution in [1.82, 2.24) is 10.2 Å². The highest BCUT2D eigenvalue weighted by Crippen LogP contribution is 2.21. The lowest BCUT2D eigenvalue weighted by molar-refractivity contribution is -0.125. The van der Waals surface area contributed by atoms with Gasteiger partial charge in [0.2, 0.25) is 0 Å². The maximum Gasteiger partial charge on any atom is 0.326 e. The summed E-state index contributed by atoms with van der Waals surface area (Å²) in [4.78, 5) is 23.7. The molecule has 0 aliphatic carbocycles. The van der Waals surface area contributed by atoms with E-state index in [1.54, 1.807) is 20.8 Å². The van der Waals surface area contributed by atoms with Crippen LogP contribution in [0.2, 0.25) is 0 Å². The number of hydrogen-bond acceptors (Lipinski definition) is 3. The number of nitrogens with zero attached hydrogens (tertiary/aromatic N) is 1. The first-order valence-corrected chi connectivity index (χ1v) is 3.77. The molecule has 0 radical (unpaired) electrons. The van der Waals surface area contributed by atoms with Gasteiger partial charge in [-0.25, -0.2) is 4.79 Å². The SMILES string of the molecule is CC(N)N1C(=O)NC(=O)C1(C)C. The fourth-order valence-electron chi connectivity index (χ4n) is 1.37. The number of imide groups is 1. The molecular formula is C7H13N3O2. The van der Waals surface area contributed by atoms with Gasteiger partial charge in [0.1, 0.15) is 5.54 Å². The minimum Gasteiger partial charge on any atom is -0.311 e. The Kier molecular flexibility index (Phi) is 1.83. The number of carbonyl (C=O) groups excluding carboxylic acids is 2. The molecule has 0 saturated carbocycles. The normalized spacial score (nSPS) is 24.2. The van der Waals surface area contributed by atoms with Gasteiger partial charge in [0.15, 0.2) is 0 Å². The van der Waals surface area contributed by atoms with Crippen molar-refractivity contribution in [2.45, 2.75) is 32.5 Å². The molecule has 1 saturated heterocycles. The lowest BCUT2D eigenvalue weighted by Gasteiger charge is -2.30. The van der Waals surface area contributed by atoms with Crippen LogP contribution < -0.4 is 11.1 Å². The van der Waals surface area contributed by atoms with Crippen LogP contribution in [-0.4, -0.2) is 28.5 Å². The highest BCUT2D eigenvalue weighted by molar-refractivity contribution is 6.06. The summed E-state index contributed by atoms with van der Waals surface area (Å²) in [6.07, 6.45) is -0.452. The molecule has 0 aromatic heterocycles. The van der Waals surface area contributed by atoms with E-state index in [0.29, 0.717) is 0 Å². The molecule has 0 spiro atoms. The Morgan fingerprint density at radius 1 is 1.50 bits per heavy atom. The highest BCUT2D eigenvalue weighted by atomic mass is 16.2. The van der Waals surface area contributed by atoms with Crippen LogP contribution >= 0.6 is 0 Å². The number of rotatable bonds is 1. The largest absolute Gasteiger partial charge is 0.326 e. The summed E-state index contributed by atoms with van der Waals surface area (Å²) >= 11 is 0. The summed E-state index contributed by atoms with van der Waals surface area (Å²) in [5.74, 6) is -0.301. The van der Waals surface area contributed by atoms with Crippen molar-refractivity contribution in [3.63, 3.8) is 0 Å². The Hall–Kier alpha value is -1.10. The number of hydrogen-bond donors (Lipinski definition) is 2. The second kappa shape index (κ2) is 2.45. The standard InChI is InChI=1S/C7H13N3O2/c1-4(8)10-6(12)9-5(11)7(10,2)3/h4H,8H2,1-3H3,(H,9,11,12). The van der Waals surface area contributed by atoms with Crippen LogP contribution in [0.4, 0.5) is 4.79 Å². The van der Waals surface area contributed by atoms with E-state index in [-0.39, 0.29) is 5.91 Å². The van der Waals surface area contributed by atoms with Crippen molar-refractivity contribution in [1.29, 1.82) is 0 Å². The third kappa shape index (κ3) is 1.06. The summed E-state index contributed by atoms with van der Waals surface area (Å²) in [7, 11) is 0. The number of nitrogens with two attached hydrogens (primary N) is 1. The van der Waals surface area contributed by atoms with Gasteiger partial charge in [0.05, 0.1) is 6.17 Å². The van der Waals surface area contributed by atoms with E-state index in [4.69, 9.17) is 5.73 Å². The van der Waals surface area contributed by atoms with Crippen LogP contribution in [0.15, 0.2) is 0 Å². The first-order chi connectivity index (χ1) is 5.37.